The molecule has 11 unspecified atom stereocenters. The van der Waals surface area contributed by atoms with Gasteiger partial charge in [-0.25, -0.2) is 33.6 Å². The summed E-state index contributed by atoms with van der Waals surface area (Å²) < 4.78 is 72.1. The molecule has 0 spiro atoms. The monoisotopic (exact) mass is 1980 g/mol. The fourth-order valence-corrected chi connectivity index (χ4v) is 20.2. The molecule has 4 N–H and O–H groups in total. The Morgan fingerprint density at radius 3 is 1.17 bits per heavy atom. The molecule has 9 aromatic rings. The van der Waals surface area contributed by atoms with Gasteiger partial charge in [0.1, 0.15) is 99.3 Å². The Balaban J connectivity index is 0.661. The Hall–Kier alpha value is -16.3. The zero-order chi connectivity index (χ0) is 104. The summed E-state index contributed by atoms with van der Waals surface area (Å²) in [4.78, 5) is 174. The van der Waals surface area contributed by atoms with Crippen molar-refractivity contribution in [3.63, 3.8) is 0 Å². The summed E-state index contributed by atoms with van der Waals surface area (Å²) in [5.41, 5.74) is 1.26. The van der Waals surface area contributed by atoms with Gasteiger partial charge in [-0.05, 0) is 180 Å². The van der Waals surface area contributed by atoms with Crippen molar-refractivity contribution in [1.82, 2.24) is 0 Å². The van der Waals surface area contributed by atoms with Crippen LogP contribution in [-0.4, -0.2) is 186 Å². The third-order valence-electron chi connectivity index (χ3n) is 27.7. The molecule has 14 rings (SSSR count). The number of hydrogen-bond acceptors (Lipinski definition) is 25. The molecule has 754 valence electrons. The van der Waals surface area contributed by atoms with Gasteiger partial charge >= 0.3 is 59.7 Å². The minimum atomic E-state index is -1.85. The molecular weight excluding hydrogens is 1870 g/mol. The Morgan fingerprint density at radius 2 is 0.740 bits per heavy atom. The molecule has 0 aromatic heterocycles. The van der Waals surface area contributed by atoms with E-state index in [1.807, 2.05) is 133 Å². The molecule has 0 heterocycles. The number of carboxylic acid groups (broad SMARTS) is 4. The van der Waals surface area contributed by atoms with E-state index in [0.717, 1.165) is 110 Å². The van der Waals surface area contributed by atoms with Crippen LogP contribution in [0.2, 0.25) is 0 Å². The summed E-state index contributed by atoms with van der Waals surface area (Å²) in [5, 5.41) is 41.7. The molecule has 0 saturated heterocycles. The van der Waals surface area contributed by atoms with Gasteiger partial charge in [-0.15, -0.1) is 0 Å². The Morgan fingerprint density at radius 1 is 0.377 bits per heavy atom. The molecule has 146 heavy (non-hydrogen) atoms. The highest BCUT2D eigenvalue weighted by atomic mass is 16.6. The van der Waals surface area contributed by atoms with E-state index >= 15 is 4.79 Å². The van der Waals surface area contributed by atoms with Crippen LogP contribution in [-0.2, 0) is 87.1 Å². The summed E-state index contributed by atoms with van der Waals surface area (Å²) >= 11 is 0. The summed E-state index contributed by atoms with van der Waals surface area (Å²) in [6.45, 7) is 17.8. The summed E-state index contributed by atoms with van der Waals surface area (Å²) in [5.74, 6) is -15.5. The van der Waals surface area contributed by atoms with E-state index in [4.69, 9.17) is 56.8 Å². The maximum absolute atomic E-state index is 15.3. The minimum Gasteiger partial charge on any atom is -0.491 e. The van der Waals surface area contributed by atoms with Crippen LogP contribution in [0.3, 0.4) is 0 Å². The molecule has 0 saturated carbocycles. The number of benzene rings is 9. The Kier molecular flexibility index (Phi) is 34.2. The molecule has 0 radical (unpaired) electrons. The SMILES string of the molecule is C=CC(=O)OCC(COc1ccc(C2(c3ccc(OCC(COC(=O)C=C)OC(CC)(CC)C(=O)C4CC=CCC4C(=O)O)cc3)c3ccccc3C3C=CC=CC32)cc1)OC(=O)c1ccc(C(=O)c2ccc(C(=O)C(CC)(CC)OC(COC(=O)C=C)COc3ccc(C4(c5ccc(OCC(COC(=O)C=C)OC(=O)C6CC=CCC6C(=O)O)cc5)c5ccccc5-c5ccccc54)cc3)c(C(=O)O)c2)cc1C(=O)O. The number of aliphatic carboxylic acids is 2. The fraction of sp³-hybridized carbons (Fsp3) is 0.291. The van der Waals surface area contributed by atoms with Crippen LogP contribution in [0.5, 0.6) is 23.0 Å². The lowest BCUT2D eigenvalue weighted by Crippen LogP contribution is -2.51. The lowest BCUT2D eigenvalue weighted by molar-refractivity contribution is -0.174. The van der Waals surface area contributed by atoms with Gasteiger partial charge in [-0.2, -0.15) is 0 Å². The number of Topliss-reactive ketones (excluding diaryl/α,β-unsaturated/α-hetero) is 2. The maximum Gasteiger partial charge on any atom is 0.339 e. The van der Waals surface area contributed by atoms with Crippen molar-refractivity contribution in [3.05, 3.63) is 383 Å². The van der Waals surface area contributed by atoms with E-state index in [-0.39, 0.29) is 118 Å². The number of rotatable bonds is 50. The van der Waals surface area contributed by atoms with Gasteiger partial charge in [0.05, 0.1) is 45.3 Å². The average molecular weight is 1980 g/mol. The zero-order valence-corrected chi connectivity index (χ0v) is 81.0. The number of carbonyl (C=O) groups excluding carboxylic acids is 9. The van der Waals surface area contributed by atoms with Crippen molar-refractivity contribution in [1.29, 1.82) is 0 Å². The van der Waals surface area contributed by atoms with Gasteiger partial charge in [-0.3, -0.25) is 28.8 Å². The van der Waals surface area contributed by atoms with Crippen molar-refractivity contribution in [2.75, 3.05) is 52.9 Å². The van der Waals surface area contributed by atoms with E-state index in [1.54, 1.807) is 88.4 Å². The third kappa shape index (κ3) is 22.5. The number of aromatic carboxylic acids is 2. The smallest absolute Gasteiger partial charge is 0.339 e. The number of fused-ring (bicyclic) bond motifs is 6. The fourth-order valence-electron chi connectivity index (χ4n) is 20.2. The van der Waals surface area contributed by atoms with E-state index in [1.165, 1.54) is 6.07 Å². The third-order valence-corrected chi connectivity index (χ3v) is 27.7. The van der Waals surface area contributed by atoms with Gasteiger partial charge in [0.15, 0.2) is 29.6 Å². The first-order valence-electron chi connectivity index (χ1n) is 48.1. The predicted molar refractivity (Wildman–Crippen MR) is 535 cm³/mol. The average Bonchev–Trinajstić information content (AvgIpc) is 1.54. The van der Waals surface area contributed by atoms with E-state index in [0.29, 0.717) is 17.2 Å². The van der Waals surface area contributed by atoms with Crippen LogP contribution in [0.4, 0.5) is 0 Å². The molecule has 9 aromatic carbocycles. The van der Waals surface area contributed by atoms with E-state index in [2.05, 4.69) is 50.6 Å². The Labute approximate surface area is 843 Å². The molecule has 0 amide bonds. The molecule has 0 aliphatic heterocycles. The predicted octanol–water partition coefficient (Wildman–Crippen LogP) is 18.1. The van der Waals surface area contributed by atoms with Gasteiger partial charge < -0.3 is 77.3 Å². The topological polar surface area (TPSA) is 414 Å². The molecule has 29 heteroatoms. The largest absolute Gasteiger partial charge is 0.491 e. The second-order valence-corrected chi connectivity index (χ2v) is 35.8. The summed E-state index contributed by atoms with van der Waals surface area (Å²) in [6.07, 6.45) is 15.3. The number of carbonyl (C=O) groups is 13. The summed E-state index contributed by atoms with van der Waals surface area (Å²) in [6, 6.07) is 59.9. The minimum absolute atomic E-state index is 0.0659. The van der Waals surface area contributed by atoms with Crippen LogP contribution in [0.25, 0.3) is 11.1 Å². The van der Waals surface area contributed by atoms with Gasteiger partial charge in [0.2, 0.25) is 0 Å². The molecule has 29 nitrogen and oxygen atoms in total. The first-order valence-corrected chi connectivity index (χ1v) is 48.1. The van der Waals surface area contributed by atoms with Crippen molar-refractivity contribution < 1.29 is 140 Å². The first-order chi connectivity index (χ1) is 70.5. The number of ether oxygens (including phenoxy) is 12. The van der Waals surface area contributed by atoms with Crippen LogP contribution < -0.4 is 18.9 Å². The summed E-state index contributed by atoms with van der Waals surface area (Å²) in [7, 11) is 0. The molecule has 5 aliphatic carbocycles. The number of ketones is 3. The number of esters is 6. The number of carboxylic acids is 4. The van der Waals surface area contributed by atoms with Crippen molar-refractivity contribution in [3.8, 4) is 34.1 Å². The van der Waals surface area contributed by atoms with E-state index < -0.39 is 184 Å². The second kappa shape index (κ2) is 47.3. The van der Waals surface area contributed by atoms with Gasteiger partial charge in [-0.1, -0.05) is 236 Å². The zero-order valence-electron chi connectivity index (χ0n) is 81.0. The standard InChI is InChI=1S/C117H112O29/c1-9-101(118)139-65-81(143-112(133)93-36-20-19-35-92(93)109(127)128)63-135-77-51-43-73(44-52-77)116(97-37-25-21-29-85(97)86-30-22-26-38-98(86)116)76-49-57-80(58-50-76)138-68-84(70-142-104(121)12-4)146-115(15-7,16-8)107(124)90-59-41-71(61-95(90)110(129)130)105(122)72-42-60-94(96(62-72)111(131)132)113(134)144-82(66-140-102(119)10-2)64-136-78-53-45-74(46-54-78)117(99-39-27-23-31-87(99)88-32-24-28-40-100(88)117)75-47-55-79(56-48-75)137-67-83(69-141-103(120)11-3)145-114(13-5,14-6)106(123)89-33-17-18-34-91(89)108(125)126/h9-12,17-32,37-62,81-84,87,89,91-93,99H,1-4,13-16,33-36,63-70H2,5-8H3,(H,125,126)(H,127,128)(H,129,130)(H,131,132). The second-order valence-electron chi connectivity index (χ2n) is 35.8. The van der Waals surface area contributed by atoms with Crippen molar-refractivity contribution in [2.45, 2.75) is 131 Å². The number of hydrogen-bond donors (Lipinski definition) is 4. The lowest BCUT2D eigenvalue weighted by Gasteiger charge is -2.39. The quantitative estimate of drug-likeness (QED) is 0.00904. The highest BCUT2D eigenvalue weighted by Crippen LogP contribution is 2.61. The van der Waals surface area contributed by atoms with Crippen LogP contribution in [0.1, 0.15) is 187 Å². The van der Waals surface area contributed by atoms with Gasteiger partial charge in [0.25, 0.3) is 0 Å². The Bertz CT molecular complexity index is 6540. The molecule has 0 fully saturated rings. The van der Waals surface area contributed by atoms with Crippen LogP contribution in [0, 0.1) is 29.6 Å². The lowest BCUT2D eigenvalue weighted by atomic mass is 9.63. The maximum atomic E-state index is 15.3. The van der Waals surface area contributed by atoms with Crippen LogP contribution >= 0.6 is 0 Å². The highest BCUT2D eigenvalue weighted by Gasteiger charge is 2.54. The molecule has 0 bridgehead atoms. The number of allylic oxidation sites excluding steroid dienone is 8. The van der Waals surface area contributed by atoms with Crippen molar-refractivity contribution in [2.24, 2.45) is 29.6 Å². The first kappa shape index (κ1) is 106. The van der Waals surface area contributed by atoms with E-state index in [9.17, 15) is 78.0 Å². The molecule has 11 atom stereocenters. The molecule has 5 aliphatic rings. The highest BCUT2D eigenvalue weighted by molar-refractivity contribution is 6.15. The van der Waals surface area contributed by atoms with Gasteiger partial charge in [0, 0.05) is 58.7 Å². The normalized spacial score (nSPS) is 18.3. The van der Waals surface area contributed by atoms with Crippen LogP contribution in [0.15, 0.2) is 305 Å². The van der Waals surface area contributed by atoms with Crippen molar-refractivity contribution >= 4 is 77.0 Å². The molecular formula is C117H112O29.